The summed E-state index contributed by atoms with van der Waals surface area (Å²) in [5, 5.41) is 12.0. The summed E-state index contributed by atoms with van der Waals surface area (Å²) in [6.45, 7) is 0. The number of sulfonamides is 1. The first-order valence-corrected chi connectivity index (χ1v) is 10.7. The summed E-state index contributed by atoms with van der Waals surface area (Å²) in [5.74, 6) is 1.53. The molecule has 2 heterocycles. The molecule has 29 heavy (non-hydrogen) atoms. The predicted molar refractivity (Wildman–Crippen MR) is 112 cm³/mol. The van der Waals surface area contributed by atoms with Gasteiger partial charge >= 0.3 is 0 Å². The van der Waals surface area contributed by atoms with E-state index in [9.17, 15) is 8.42 Å². The van der Waals surface area contributed by atoms with E-state index in [1.54, 1.807) is 31.6 Å². The number of nitrogens with one attached hydrogen (secondary N) is 3. The van der Waals surface area contributed by atoms with E-state index < -0.39 is 16.2 Å². The predicted octanol–water partition coefficient (Wildman–Crippen LogP) is 3.62. The second kappa shape index (κ2) is 7.17. The van der Waals surface area contributed by atoms with Gasteiger partial charge < -0.3 is 19.4 Å². The smallest absolute Gasteiger partial charge is 0.229 e. The summed E-state index contributed by atoms with van der Waals surface area (Å²) in [6.07, 6.45) is 2.23. The molecule has 0 aliphatic carbocycles. The Morgan fingerprint density at radius 1 is 1.10 bits per heavy atom. The standard InChI is InChI=1S/C20H20N4O4S/c1-27-16-9-7-15(8-10-16)24-18(21)17-11-12-28-20(17)22-19(24)13-3-5-14(6-4-13)23-29(2,25)26/h3-12,19,21-23H,1-2H3. The third kappa shape index (κ3) is 3.77. The minimum absolute atomic E-state index is 0.293. The SMILES string of the molecule is COc1ccc(N2C(=N)c3ccoc3NC2c2ccc(NS(C)(=O)=O)cc2)cc1. The maximum absolute atomic E-state index is 11.4. The first-order chi connectivity index (χ1) is 13.9. The van der Waals surface area contributed by atoms with Crippen molar-refractivity contribution in [3.63, 3.8) is 0 Å². The van der Waals surface area contributed by atoms with Crippen LogP contribution in [0.2, 0.25) is 0 Å². The fourth-order valence-electron chi connectivity index (χ4n) is 3.26. The van der Waals surface area contributed by atoms with Crippen LogP contribution in [0.25, 0.3) is 0 Å². The molecule has 0 saturated heterocycles. The molecule has 1 aromatic heterocycles. The lowest BCUT2D eigenvalue weighted by atomic mass is 10.1. The maximum atomic E-state index is 11.4. The van der Waals surface area contributed by atoms with Crippen molar-refractivity contribution in [3.05, 3.63) is 72.0 Å². The van der Waals surface area contributed by atoms with Crippen LogP contribution in [0.1, 0.15) is 17.3 Å². The average molecular weight is 412 g/mol. The van der Waals surface area contributed by atoms with Gasteiger partial charge in [-0.25, -0.2) is 8.42 Å². The normalized spacial score (nSPS) is 16.1. The number of nitrogens with zero attached hydrogens (tertiary/aromatic N) is 1. The number of methoxy groups -OCH3 is 1. The van der Waals surface area contributed by atoms with Gasteiger partial charge in [0.25, 0.3) is 0 Å². The number of benzene rings is 2. The van der Waals surface area contributed by atoms with Gasteiger partial charge in [-0.15, -0.1) is 0 Å². The van der Waals surface area contributed by atoms with Gasteiger partial charge in [-0.05, 0) is 48.0 Å². The fraction of sp³-hybridized carbons (Fsp3) is 0.150. The highest BCUT2D eigenvalue weighted by atomic mass is 32.2. The summed E-state index contributed by atoms with van der Waals surface area (Å²) in [5.41, 5.74) is 2.77. The Balaban J connectivity index is 1.73. The molecule has 1 atom stereocenters. The second-order valence-corrected chi connectivity index (χ2v) is 8.37. The molecule has 8 nitrogen and oxygen atoms in total. The minimum Gasteiger partial charge on any atom is -0.497 e. The van der Waals surface area contributed by atoms with Crippen LogP contribution in [0.4, 0.5) is 17.3 Å². The molecular weight excluding hydrogens is 392 g/mol. The van der Waals surface area contributed by atoms with Gasteiger partial charge in [0.1, 0.15) is 17.8 Å². The Morgan fingerprint density at radius 3 is 2.41 bits per heavy atom. The van der Waals surface area contributed by atoms with Crippen LogP contribution in [0.3, 0.4) is 0 Å². The number of amidine groups is 1. The van der Waals surface area contributed by atoms with Crippen molar-refractivity contribution in [1.29, 1.82) is 5.41 Å². The van der Waals surface area contributed by atoms with E-state index in [-0.39, 0.29) is 0 Å². The molecule has 2 aromatic carbocycles. The zero-order valence-electron chi connectivity index (χ0n) is 15.8. The summed E-state index contributed by atoms with van der Waals surface area (Å²) in [6, 6.07) is 16.2. The van der Waals surface area contributed by atoms with E-state index >= 15 is 0 Å². The van der Waals surface area contributed by atoms with E-state index in [0.717, 1.165) is 23.3 Å². The third-order valence-corrected chi connectivity index (χ3v) is 5.17. The van der Waals surface area contributed by atoms with E-state index in [1.807, 2.05) is 41.3 Å². The minimum atomic E-state index is -3.35. The number of hydrogen-bond donors (Lipinski definition) is 3. The summed E-state index contributed by atoms with van der Waals surface area (Å²) < 4.78 is 36.1. The van der Waals surface area contributed by atoms with Crippen molar-refractivity contribution in [1.82, 2.24) is 0 Å². The molecule has 3 N–H and O–H groups in total. The number of hydrogen-bond acceptors (Lipinski definition) is 6. The lowest BCUT2D eigenvalue weighted by Crippen LogP contribution is -2.42. The van der Waals surface area contributed by atoms with Gasteiger partial charge in [0.15, 0.2) is 0 Å². The summed E-state index contributed by atoms with van der Waals surface area (Å²) in [4.78, 5) is 1.84. The molecule has 0 bridgehead atoms. The quantitative estimate of drug-likeness (QED) is 0.591. The monoisotopic (exact) mass is 412 g/mol. The van der Waals surface area contributed by atoms with Crippen LogP contribution in [-0.4, -0.2) is 27.6 Å². The van der Waals surface area contributed by atoms with Crippen LogP contribution in [-0.2, 0) is 10.0 Å². The highest BCUT2D eigenvalue weighted by molar-refractivity contribution is 7.92. The number of furan rings is 1. The molecule has 0 amide bonds. The molecule has 150 valence electrons. The van der Waals surface area contributed by atoms with Gasteiger partial charge in [-0.3, -0.25) is 10.1 Å². The fourth-order valence-corrected chi connectivity index (χ4v) is 3.82. The van der Waals surface area contributed by atoms with Crippen molar-refractivity contribution in [2.75, 3.05) is 28.3 Å². The van der Waals surface area contributed by atoms with Crippen LogP contribution in [0, 0.1) is 5.41 Å². The Hall–Kier alpha value is -3.46. The molecule has 0 spiro atoms. The zero-order chi connectivity index (χ0) is 20.6. The molecule has 1 aliphatic rings. The Morgan fingerprint density at radius 2 is 1.79 bits per heavy atom. The first-order valence-electron chi connectivity index (χ1n) is 8.80. The molecule has 0 saturated carbocycles. The molecule has 0 fully saturated rings. The van der Waals surface area contributed by atoms with Crippen molar-refractivity contribution in [3.8, 4) is 5.75 Å². The van der Waals surface area contributed by atoms with Gasteiger partial charge in [0, 0.05) is 11.4 Å². The third-order valence-electron chi connectivity index (χ3n) is 4.57. The summed E-state index contributed by atoms with van der Waals surface area (Å²) >= 11 is 0. The first kappa shape index (κ1) is 18.9. The molecule has 1 aliphatic heterocycles. The van der Waals surface area contributed by atoms with E-state index in [2.05, 4.69) is 10.0 Å². The Bertz CT molecular complexity index is 1140. The topological polar surface area (TPSA) is 108 Å². The maximum Gasteiger partial charge on any atom is 0.229 e. The summed E-state index contributed by atoms with van der Waals surface area (Å²) in [7, 11) is -1.75. The highest BCUT2D eigenvalue weighted by Gasteiger charge is 2.33. The van der Waals surface area contributed by atoms with Gasteiger partial charge in [-0.1, -0.05) is 12.1 Å². The van der Waals surface area contributed by atoms with Crippen LogP contribution in [0.5, 0.6) is 5.75 Å². The molecular formula is C20H20N4O4S. The van der Waals surface area contributed by atoms with E-state index in [1.165, 1.54) is 0 Å². The highest BCUT2D eigenvalue weighted by Crippen LogP contribution is 2.37. The van der Waals surface area contributed by atoms with Crippen molar-refractivity contribution < 1.29 is 17.6 Å². The second-order valence-electron chi connectivity index (χ2n) is 6.62. The number of anilines is 3. The Labute approximate surface area is 168 Å². The van der Waals surface area contributed by atoms with E-state index in [4.69, 9.17) is 14.6 Å². The number of rotatable bonds is 5. The molecule has 4 rings (SSSR count). The van der Waals surface area contributed by atoms with Gasteiger partial charge in [0.05, 0.1) is 25.2 Å². The lowest BCUT2D eigenvalue weighted by molar-refractivity contribution is 0.415. The average Bonchev–Trinajstić information content (AvgIpc) is 3.17. The van der Waals surface area contributed by atoms with Crippen molar-refractivity contribution >= 4 is 33.1 Å². The van der Waals surface area contributed by atoms with Crippen LogP contribution in [0.15, 0.2) is 65.3 Å². The number of ether oxygens (including phenoxy) is 1. The zero-order valence-corrected chi connectivity index (χ0v) is 16.7. The molecule has 9 heteroatoms. The molecule has 3 aromatic rings. The van der Waals surface area contributed by atoms with E-state index in [0.29, 0.717) is 23.0 Å². The molecule has 1 unspecified atom stereocenters. The van der Waals surface area contributed by atoms with Gasteiger partial charge in [0.2, 0.25) is 15.9 Å². The van der Waals surface area contributed by atoms with Crippen molar-refractivity contribution in [2.24, 2.45) is 0 Å². The Kier molecular flexibility index (Phi) is 4.67. The molecule has 0 radical (unpaired) electrons. The largest absolute Gasteiger partial charge is 0.497 e. The number of fused-ring (bicyclic) bond motifs is 1. The lowest BCUT2D eigenvalue weighted by Gasteiger charge is -2.38. The van der Waals surface area contributed by atoms with Crippen molar-refractivity contribution in [2.45, 2.75) is 6.17 Å². The van der Waals surface area contributed by atoms with Crippen LogP contribution >= 0.6 is 0 Å². The van der Waals surface area contributed by atoms with Crippen LogP contribution < -0.4 is 19.7 Å². The van der Waals surface area contributed by atoms with Gasteiger partial charge in [-0.2, -0.15) is 0 Å².